The predicted octanol–water partition coefficient (Wildman–Crippen LogP) is 0.628. The summed E-state index contributed by atoms with van der Waals surface area (Å²) in [7, 11) is 0. The zero-order chi connectivity index (χ0) is 11.7. The molecule has 5 nitrogen and oxygen atoms in total. The van der Waals surface area contributed by atoms with Crippen LogP contribution in [0.3, 0.4) is 0 Å². The first kappa shape index (κ1) is 10.8. The summed E-state index contributed by atoms with van der Waals surface area (Å²) in [4.78, 5) is 18.3. The van der Waals surface area contributed by atoms with Crippen molar-refractivity contribution >= 4 is 5.82 Å². The topological polar surface area (TPSA) is 69.8 Å². The summed E-state index contributed by atoms with van der Waals surface area (Å²) < 4.78 is 0. The predicted molar refractivity (Wildman–Crippen MR) is 66.1 cm³/mol. The molecule has 0 amide bonds. The molecular formula is C12H18N4O. The summed E-state index contributed by atoms with van der Waals surface area (Å²) in [5.41, 5.74) is 1.93. The Hall–Kier alpha value is -1.36. The van der Waals surface area contributed by atoms with Crippen LogP contribution in [0.15, 0.2) is 4.79 Å². The molecule has 0 radical (unpaired) electrons. The molecule has 0 saturated heterocycles. The van der Waals surface area contributed by atoms with Gasteiger partial charge in [-0.3, -0.25) is 0 Å². The molecule has 1 fully saturated rings. The highest BCUT2D eigenvalue weighted by molar-refractivity contribution is 5.47. The van der Waals surface area contributed by atoms with Gasteiger partial charge in [-0.25, -0.2) is 4.79 Å². The monoisotopic (exact) mass is 234 g/mol. The number of hydrogen-bond donors (Lipinski definition) is 3. The second kappa shape index (κ2) is 4.49. The lowest BCUT2D eigenvalue weighted by atomic mass is 9.85. The molecule has 3 rings (SSSR count). The van der Waals surface area contributed by atoms with Crippen molar-refractivity contribution in [2.45, 2.75) is 32.2 Å². The summed E-state index contributed by atoms with van der Waals surface area (Å²) in [5, 5.41) is 6.61. The Morgan fingerprint density at radius 2 is 2.29 bits per heavy atom. The van der Waals surface area contributed by atoms with E-state index in [2.05, 4.69) is 20.6 Å². The number of nitrogens with zero attached hydrogens (tertiary/aromatic N) is 1. The fourth-order valence-electron chi connectivity index (χ4n) is 2.48. The number of hydrogen-bond acceptors (Lipinski definition) is 4. The first-order valence-electron chi connectivity index (χ1n) is 6.39. The Morgan fingerprint density at radius 1 is 1.41 bits per heavy atom. The van der Waals surface area contributed by atoms with E-state index < -0.39 is 0 Å². The van der Waals surface area contributed by atoms with Gasteiger partial charge in [0.15, 0.2) is 0 Å². The number of nitrogens with one attached hydrogen (secondary N) is 3. The molecule has 0 atom stereocenters. The van der Waals surface area contributed by atoms with Crippen molar-refractivity contribution in [3.8, 4) is 0 Å². The lowest BCUT2D eigenvalue weighted by Crippen LogP contribution is -2.31. The average Bonchev–Trinajstić information content (AvgIpc) is 2.26. The Bertz CT molecular complexity index is 464. The van der Waals surface area contributed by atoms with Gasteiger partial charge in [0.1, 0.15) is 5.82 Å². The van der Waals surface area contributed by atoms with Crippen LogP contribution in [0.2, 0.25) is 0 Å². The fraction of sp³-hybridized carbons (Fsp3) is 0.667. The third kappa shape index (κ3) is 2.20. The Balaban J connectivity index is 1.81. The molecule has 1 aliphatic carbocycles. The second-order valence-electron chi connectivity index (χ2n) is 4.95. The first-order valence-corrected chi connectivity index (χ1v) is 6.39. The quantitative estimate of drug-likeness (QED) is 0.717. The maximum Gasteiger partial charge on any atom is 0.347 e. The number of fused-ring (bicyclic) bond motifs is 1. The van der Waals surface area contributed by atoms with Gasteiger partial charge in [-0.15, -0.1) is 0 Å². The zero-order valence-corrected chi connectivity index (χ0v) is 9.88. The SMILES string of the molecule is O=c1nc(NCC2CCC2)c2c([nH]1)CNCC2. The Kier molecular flexibility index (Phi) is 2.84. The summed E-state index contributed by atoms with van der Waals surface area (Å²) in [6.45, 7) is 2.65. The van der Waals surface area contributed by atoms with Crippen LogP contribution < -0.4 is 16.3 Å². The maximum absolute atomic E-state index is 11.5. The molecule has 0 unspecified atom stereocenters. The largest absolute Gasteiger partial charge is 0.369 e. The van der Waals surface area contributed by atoms with Gasteiger partial charge in [0.25, 0.3) is 0 Å². The van der Waals surface area contributed by atoms with Crippen molar-refractivity contribution in [3.05, 3.63) is 21.7 Å². The molecule has 92 valence electrons. The Labute approximate surface area is 100 Å². The fourth-order valence-corrected chi connectivity index (χ4v) is 2.48. The zero-order valence-electron chi connectivity index (χ0n) is 9.88. The third-order valence-corrected chi connectivity index (χ3v) is 3.76. The molecule has 17 heavy (non-hydrogen) atoms. The van der Waals surface area contributed by atoms with Crippen molar-refractivity contribution in [3.63, 3.8) is 0 Å². The van der Waals surface area contributed by atoms with Crippen molar-refractivity contribution in [2.24, 2.45) is 5.92 Å². The highest BCUT2D eigenvalue weighted by Crippen LogP contribution is 2.27. The molecule has 0 aromatic carbocycles. The molecular weight excluding hydrogens is 216 g/mol. The van der Waals surface area contributed by atoms with Gasteiger partial charge < -0.3 is 15.6 Å². The van der Waals surface area contributed by atoms with Crippen LogP contribution in [0.25, 0.3) is 0 Å². The summed E-state index contributed by atoms with van der Waals surface area (Å²) in [6.07, 6.45) is 4.89. The smallest absolute Gasteiger partial charge is 0.347 e. The van der Waals surface area contributed by atoms with Gasteiger partial charge in [-0.1, -0.05) is 6.42 Å². The highest BCUT2D eigenvalue weighted by Gasteiger charge is 2.19. The van der Waals surface area contributed by atoms with Gasteiger partial charge in [0, 0.05) is 24.3 Å². The van der Waals surface area contributed by atoms with E-state index in [1.54, 1.807) is 0 Å². The number of rotatable bonds is 3. The number of H-pyrrole nitrogens is 1. The molecule has 1 saturated carbocycles. The summed E-state index contributed by atoms with van der Waals surface area (Å²) in [5.74, 6) is 1.57. The van der Waals surface area contributed by atoms with Gasteiger partial charge in [-0.2, -0.15) is 4.98 Å². The van der Waals surface area contributed by atoms with Crippen molar-refractivity contribution < 1.29 is 0 Å². The lowest BCUT2D eigenvalue weighted by Gasteiger charge is -2.27. The van der Waals surface area contributed by atoms with E-state index >= 15 is 0 Å². The highest BCUT2D eigenvalue weighted by atomic mass is 16.1. The van der Waals surface area contributed by atoms with E-state index in [0.29, 0.717) is 0 Å². The van der Waals surface area contributed by atoms with E-state index in [9.17, 15) is 4.79 Å². The molecule has 3 N–H and O–H groups in total. The number of anilines is 1. The average molecular weight is 234 g/mol. The lowest BCUT2D eigenvalue weighted by molar-refractivity contribution is 0.333. The van der Waals surface area contributed by atoms with E-state index in [4.69, 9.17) is 0 Å². The second-order valence-corrected chi connectivity index (χ2v) is 4.95. The van der Waals surface area contributed by atoms with Crippen molar-refractivity contribution in [1.29, 1.82) is 0 Å². The van der Waals surface area contributed by atoms with Gasteiger partial charge in [-0.05, 0) is 31.7 Å². The van der Waals surface area contributed by atoms with Gasteiger partial charge in [0.2, 0.25) is 0 Å². The first-order chi connectivity index (χ1) is 8.33. The maximum atomic E-state index is 11.5. The van der Waals surface area contributed by atoms with Crippen LogP contribution >= 0.6 is 0 Å². The molecule has 0 bridgehead atoms. The van der Waals surface area contributed by atoms with Crippen molar-refractivity contribution in [1.82, 2.24) is 15.3 Å². The van der Waals surface area contributed by atoms with E-state index in [1.807, 2.05) is 0 Å². The van der Waals surface area contributed by atoms with E-state index in [0.717, 1.165) is 43.5 Å². The third-order valence-electron chi connectivity index (χ3n) is 3.76. The number of aromatic nitrogens is 2. The van der Waals surface area contributed by atoms with Gasteiger partial charge in [0.05, 0.1) is 0 Å². The molecule has 1 aromatic heterocycles. The van der Waals surface area contributed by atoms with Crippen LogP contribution in [0.1, 0.15) is 30.5 Å². The summed E-state index contributed by atoms with van der Waals surface area (Å²) >= 11 is 0. The van der Waals surface area contributed by atoms with Crippen LogP contribution in [0.4, 0.5) is 5.82 Å². The minimum Gasteiger partial charge on any atom is -0.369 e. The van der Waals surface area contributed by atoms with E-state index in [1.165, 1.54) is 24.8 Å². The minimum absolute atomic E-state index is 0.247. The standard InChI is InChI=1S/C12H18N4O/c17-12-15-10-7-13-5-4-9(10)11(16-12)14-6-8-2-1-3-8/h8,13H,1-7H2,(H2,14,15,16,17). The minimum atomic E-state index is -0.247. The van der Waals surface area contributed by atoms with Crippen molar-refractivity contribution in [2.75, 3.05) is 18.4 Å². The van der Waals surface area contributed by atoms with Crippen LogP contribution in [0.5, 0.6) is 0 Å². The van der Waals surface area contributed by atoms with E-state index in [-0.39, 0.29) is 5.69 Å². The molecule has 1 aromatic rings. The molecule has 2 aliphatic rings. The molecule has 0 spiro atoms. The number of aromatic amines is 1. The summed E-state index contributed by atoms with van der Waals surface area (Å²) in [6, 6.07) is 0. The molecule has 5 heteroatoms. The van der Waals surface area contributed by atoms with Crippen LogP contribution in [0, 0.1) is 5.92 Å². The Morgan fingerprint density at radius 3 is 3.06 bits per heavy atom. The van der Waals surface area contributed by atoms with Gasteiger partial charge >= 0.3 is 5.69 Å². The van der Waals surface area contributed by atoms with Crippen LogP contribution in [-0.4, -0.2) is 23.1 Å². The van der Waals surface area contributed by atoms with Crippen LogP contribution in [-0.2, 0) is 13.0 Å². The normalized spacial score (nSPS) is 19.5. The molecule has 2 heterocycles. The molecule has 1 aliphatic heterocycles.